The molecule has 0 amide bonds. The van der Waals surface area contributed by atoms with Gasteiger partial charge in [-0.3, -0.25) is 13.9 Å². The minimum absolute atomic E-state index is 0.0118. The van der Waals surface area contributed by atoms with E-state index in [-0.39, 0.29) is 18.2 Å². The van der Waals surface area contributed by atoms with E-state index < -0.39 is 56.7 Å². The first kappa shape index (κ1) is 28.4. The number of hydrogen-bond acceptors (Lipinski definition) is 9. The van der Waals surface area contributed by atoms with Crippen molar-refractivity contribution in [3.63, 3.8) is 0 Å². The highest BCUT2D eigenvalue weighted by molar-refractivity contribution is 7.52. The standard InChI is InChI=1S/C25H27F2N4O7P/c1-17(22(32)35-15-18-8-4-2-5-9-18)30-39(34,38-19-10-6-3-7-11-19)36-16-20-14-25(26,27)23(37-20)31-13-12-21(28)29-24(31)33/h2-13,17,20,23H,14-16H2,1H3,(H,30,34)(H2,28,29,33)/t17-,20-,23+,39?/m0/s1. The first-order chi connectivity index (χ1) is 18.5. The molecular formula is C25H27F2N4O7P. The summed E-state index contributed by atoms with van der Waals surface area (Å²) in [5.74, 6) is -4.19. The predicted octanol–water partition coefficient (Wildman–Crippen LogP) is 3.67. The number of nitrogens with zero attached hydrogens (tertiary/aromatic N) is 2. The van der Waals surface area contributed by atoms with Crippen molar-refractivity contribution in [3.05, 3.63) is 89.0 Å². The van der Waals surface area contributed by atoms with Crippen LogP contribution in [0.5, 0.6) is 5.75 Å². The second kappa shape index (κ2) is 12.0. The number of aromatic nitrogens is 2. The van der Waals surface area contributed by atoms with Crippen LogP contribution in [0.3, 0.4) is 0 Å². The SMILES string of the molecule is C[C@H](NP(=O)(OC[C@@H]1CC(F)(F)[C@H](n2ccc(N)nc2=O)O1)Oc1ccccc1)C(=O)OCc1ccccc1. The number of carbonyl (C=O) groups is 1. The lowest BCUT2D eigenvalue weighted by Gasteiger charge is -2.24. The Kier molecular flexibility index (Phi) is 8.76. The Hall–Kier alpha value is -3.64. The lowest BCUT2D eigenvalue weighted by atomic mass is 10.2. The monoisotopic (exact) mass is 564 g/mol. The third-order valence-corrected chi connectivity index (χ3v) is 7.26. The molecule has 14 heteroatoms. The van der Waals surface area contributed by atoms with Gasteiger partial charge in [0.2, 0.25) is 6.23 Å². The van der Waals surface area contributed by atoms with Crippen LogP contribution in [0.1, 0.15) is 25.1 Å². The van der Waals surface area contributed by atoms with Crippen LogP contribution < -0.4 is 21.0 Å². The maximum Gasteiger partial charge on any atom is 0.459 e. The van der Waals surface area contributed by atoms with E-state index in [1.807, 2.05) is 6.07 Å². The van der Waals surface area contributed by atoms with E-state index in [0.717, 1.165) is 11.8 Å². The molecule has 1 saturated heterocycles. The maximum atomic E-state index is 14.8. The number of alkyl halides is 2. The Bertz CT molecular complexity index is 1380. The van der Waals surface area contributed by atoms with Gasteiger partial charge in [-0.15, -0.1) is 0 Å². The molecule has 1 fully saturated rings. The molecule has 4 atom stereocenters. The van der Waals surface area contributed by atoms with Crippen LogP contribution in [0.25, 0.3) is 0 Å². The number of carbonyl (C=O) groups excluding carboxylic acids is 1. The predicted molar refractivity (Wildman–Crippen MR) is 136 cm³/mol. The second-order valence-electron chi connectivity index (χ2n) is 8.76. The van der Waals surface area contributed by atoms with Crippen molar-refractivity contribution in [1.29, 1.82) is 0 Å². The number of ether oxygens (including phenoxy) is 2. The quantitative estimate of drug-likeness (QED) is 0.261. The second-order valence-corrected chi connectivity index (χ2v) is 10.5. The first-order valence-corrected chi connectivity index (χ1v) is 13.4. The molecule has 3 aromatic rings. The molecule has 2 heterocycles. The lowest BCUT2D eigenvalue weighted by molar-refractivity contribution is -0.146. The van der Waals surface area contributed by atoms with Gasteiger partial charge in [0.15, 0.2) is 0 Å². The van der Waals surface area contributed by atoms with Gasteiger partial charge in [-0.2, -0.15) is 10.1 Å². The van der Waals surface area contributed by atoms with Crippen LogP contribution >= 0.6 is 7.75 Å². The van der Waals surface area contributed by atoms with E-state index in [0.29, 0.717) is 4.57 Å². The molecule has 11 nitrogen and oxygen atoms in total. The Morgan fingerprint density at radius 1 is 1.21 bits per heavy atom. The first-order valence-electron chi connectivity index (χ1n) is 11.9. The minimum Gasteiger partial charge on any atom is -0.460 e. The summed E-state index contributed by atoms with van der Waals surface area (Å²) in [6.45, 7) is 0.780. The zero-order chi connectivity index (χ0) is 28.0. The summed E-state index contributed by atoms with van der Waals surface area (Å²) < 4.78 is 65.4. The Morgan fingerprint density at radius 3 is 2.54 bits per heavy atom. The number of nitrogens with one attached hydrogen (secondary N) is 1. The Morgan fingerprint density at radius 2 is 1.87 bits per heavy atom. The maximum absolute atomic E-state index is 14.8. The fourth-order valence-corrected chi connectivity index (χ4v) is 5.26. The highest BCUT2D eigenvalue weighted by Crippen LogP contribution is 2.47. The van der Waals surface area contributed by atoms with Gasteiger partial charge >= 0.3 is 19.4 Å². The normalized spacial score (nSPS) is 20.6. The fourth-order valence-electron chi connectivity index (χ4n) is 3.74. The molecule has 0 saturated carbocycles. The topological polar surface area (TPSA) is 144 Å². The number of hydrogen-bond donors (Lipinski definition) is 2. The zero-order valence-corrected chi connectivity index (χ0v) is 21.7. The number of esters is 1. The largest absolute Gasteiger partial charge is 0.460 e. The third-order valence-electron chi connectivity index (χ3n) is 5.62. The lowest BCUT2D eigenvalue weighted by Crippen LogP contribution is -2.35. The summed E-state index contributed by atoms with van der Waals surface area (Å²) in [7, 11) is -4.32. The van der Waals surface area contributed by atoms with E-state index in [4.69, 9.17) is 24.3 Å². The van der Waals surface area contributed by atoms with Crippen molar-refractivity contribution in [2.75, 3.05) is 12.3 Å². The van der Waals surface area contributed by atoms with Crippen molar-refractivity contribution >= 4 is 19.5 Å². The van der Waals surface area contributed by atoms with Gasteiger partial charge in [-0.1, -0.05) is 48.5 Å². The average Bonchev–Trinajstić information content (AvgIpc) is 3.21. The average molecular weight is 564 g/mol. The molecule has 2 aromatic carbocycles. The fraction of sp³-hybridized carbons (Fsp3) is 0.320. The number of anilines is 1. The van der Waals surface area contributed by atoms with Crippen molar-refractivity contribution < 1.29 is 36.7 Å². The molecular weight excluding hydrogens is 537 g/mol. The number of halogens is 2. The van der Waals surface area contributed by atoms with Crippen molar-refractivity contribution in [3.8, 4) is 5.75 Å². The smallest absolute Gasteiger partial charge is 0.459 e. The molecule has 0 aliphatic carbocycles. The summed E-state index contributed by atoms with van der Waals surface area (Å²) in [5, 5.41) is 2.50. The number of para-hydroxylation sites is 1. The Labute approximate surface area is 222 Å². The van der Waals surface area contributed by atoms with Crippen LogP contribution in [-0.4, -0.2) is 40.2 Å². The van der Waals surface area contributed by atoms with E-state index in [1.54, 1.807) is 42.5 Å². The van der Waals surface area contributed by atoms with Gasteiger partial charge in [-0.25, -0.2) is 18.1 Å². The molecule has 0 radical (unpaired) electrons. The van der Waals surface area contributed by atoms with Gasteiger partial charge in [-0.05, 0) is 30.7 Å². The van der Waals surface area contributed by atoms with Crippen LogP contribution in [0.15, 0.2) is 77.7 Å². The molecule has 1 aliphatic rings. The van der Waals surface area contributed by atoms with E-state index >= 15 is 0 Å². The van der Waals surface area contributed by atoms with Crippen LogP contribution in [0.2, 0.25) is 0 Å². The summed E-state index contributed by atoms with van der Waals surface area (Å²) in [6, 6.07) is 17.0. The number of nitrogens with two attached hydrogens (primary N) is 1. The molecule has 3 N–H and O–H groups in total. The molecule has 1 aliphatic heterocycles. The van der Waals surface area contributed by atoms with E-state index in [9.17, 15) is 22.9 Å². The zero-order valence-electron chi connectivity index (χ0n) is 20.8. The van der Waals surface area contributed by atoms with Crippen molar-refractivity contribution in [2.45, 2.75) is 44.2 Å². The van der Waals surface area contributed by atoms with E-state index in [2.05, 4.69) is 10.1 Å². The summed E-state index contributed by atoms with van der Waals surface area (Å²) >= 11 is 0. The van der Waals surface area contributed by atoms with Gasteiger partial charge < -0.3 is 19.7 Å². The van der Waals surface area contributed by atoms with Crippen LogP contribution in [0.4, 0.5) is 14.6 Å². The third kappa shape index (κ3) is 7.48. The van der Waals surface area contributed by atoms with E-state index in [1.165, 1.54) is 25.1 Å². The van der Waals surface area contributed by atoms with Gasteiger partial charge in [0.1, 0.15) is 24.2 Å². The number of benzene rings is 2. The molecule has 39 heavy (non-hydrogen) atoms. The number of rotatable bonds is 11. The van der Waals surface area contributed by atoms with Gasteiger partial charge in [0.25, 0.3) is 5.92 Å². The van der Waals surface area contributed by atoms with Crippen LogP contribution in [0, 0.1) is 0 Å². The minimum atomic E-state index is -4.32. The molecule has 0 bridgehead atoms. The Balaban J connectivity index is 1.44. The molecule has 4 rings (SSSR count). The molecule has 208 valence electrons. The molecule has 1 unspecified atom stereocenters. The summed E-state index contributed by atoms with van der Waals surface area (Å²) in [6.07, 6.45) is -3.03. The van der Waals surface area contributed by atoms with Gasteiger partial charge in [0, 0.05) is 12.6 Å². The molecule has 1 aromatic heterocycles. The molecule has 0 spiro atoms. The highest BCUT2D eigenvalue weighted by Gasteiger charge is 2.52. The summed E-state index contributed by atoms with van der Waals surface area (Å²) in [5.41, 5.74) is 5.17. The van der Waals surface area contributed by atoms with Crippen LogP contribution in [-0.2, 0) is 30.0 Å². The number of nitrogen functional groups attached to an aromatic ring is 1. The summed E-state index contributed by atoms with van der Waals surface area (Å²) in [4.78, 5) is 28.1. The van der Waals surface area contributed by atoms with Gasteiger partial charge in [0.05, 0.1) is 12.7 Å². The highest BCUT2D eigenvalue weighted by atomic mass is 31.2. The van der Waals surface area contributed by atoms with Crippen molar-refractivity contribution in [1.82, 2.24) is 14.6 Å². The van der Waals surface area contributed by atoms with Crippen molar-refractivity contribution in [2.24, 2.45) is 0 Å².